The van der Waals surface area contributed by atoms with Gasteiger partial charge in [0.1, 0.15) is 23.0 Å². The molecule has 4 rings (SSSR count). The van der Waals surface area contributed by atoms with Gasteiger partial charge in [0.25, 0.3) is 0 Å². The van der Waals surface area contributed by atoms with Crippen molar-refractivity contribution in [3.63, 3.8) is 0 Å². The van der Waals surface area contributed by atoms with Gasteiger partial charge in [-0.05, 0) is 18.2 Å². The largest absolute Gasteiger partial charge is 0.496 e. The molecule has 0 aliphatic heterocycles. The highest BCUT2D eigenvalue weighted by Crippen LogP contribution is 2.34. The van der Waals surface area contributed by atoms with Crippen LogP contribution in [-0.2, 0) is 7.05 Å². The molecule has 0 aliphatic rings. The summed E-state index contributed by atoms with van der Waals surface area (Å²) in [6, 6.07) is 7.13. The summed E-state index contributed by atoms with van der Waals surface area (Å²) >= 11 is 0. The predicted octanol–water partition coefficient (Wildman–Crippen LogP) is 3.40. The molecule has 6 nitrogen and oxygen atoms in total. The maximum atomic E-state index is 13.5. The molecule has 0 radical (unpaired) electrons. The van der Waals surface area contributed by atoms with Crippen molar-refractivity contribution >= 4 is 11.0 Å². The second-order valence-electron chi connectivity index (χ2n) is 5.76. The molecule has 0 unspecified atom stereocenters. The van der Waals surface area contributed by atoms with E-state index in [4.69, 9.17) is 9.15 Å². The fourth-order valence-electron chi connectivity index (χ4n) is 2.83. The minimum Gasteiger partial charge on any atom is -0.496 e. The second-order valence-corrected chi connectivity index (χ2v) is 5.76. The van der Waals surface area contributed by atoms with Crippen LogP contribution in [0, 0.1) is 5.82 Å². The van der Waals surface area contributed by atoms with Gasteiger partial charge in [-0.3, -0.25) is 14.5 Å². The zero-order valence-corrected chi connectivity index (χ0v) is 14.1. The van der Waals surface area contributed by atoms with Crippen LogP contribution in [0.3, 0.4) is 0 Å². The number of nitrogens with zero attached hydrogens (tertiary/aromatic N) is 3. The van der Waals surface area contributed by atoms with Gasteiger partial charge >= 0.3 is 0 Å². The molecule has 1 aromatic carbocycles. The van der Waals surface area contributed by atoms with Crippen molar-refractivity contribution in [2.24, 2.45) is 7.05 Å². The van der Waals surface area contributed by atoms with Crippen LogP contribution in [0.25, 0.3) is 33.6 Å². The fourth-order valence-corrected chi connectivity index (χ4v) is 2.83. The molecule has 3 aromatic heterocycles. The van der Waals surface area contributed by atoms with Crippen molar-refractivity contribution in [3.8, 4) is 28.3 Å². The quantitative estimate of drug-likeness (QED) is 0.566. The molecule has 4 aromatic rings. The summed E-state index contributed by atoms with van der Waals surface area (Å²) in [5, 5.41) is 4.48. The van der Waals surface area contributed by atoms with Crippen LogP contribution in [0.5, 0.6) is 5.75 Å². The summed E-state index contributed by atoms with van der Waals surface area (Å²) in [6.07, 6.45) is 4.87. The molecule has 0 bridgehead atoms. The van der Waals surface area contributed by atoms with E-state index >= 15 is 0 Å². The number of halogens is 1. The van der Waals surface area contributed by atoms with Crippen LogP contribution < -0.4 is 10.2 Å². The number of pyridine rings is 1. The Hall–Kier alpha value is -3.48. The van der Waals surface area contributed by atoms with Crippen LogP contribution in [0.2, 0.25) is 0 Å². The van der Waals surface area contributed by atoms with Gasteiger partial charge in [-0.2, -0.15) is 5.10 Å². The van der Waals surface area contributed by atoms with Crippen molar-refractivity contribution in [2.75, 3.05) is 7.11 Å². The first kappa shape index (κ1) is 16.0. The van der Waals surface area contributed by atoms with Crippen molar-refractivity contribution in [3.05, 3.63) is 65.0 Å². The highest BCUT2D eigenvalue weighted by atomic mass is 19.1. The highest BCUT2D eigenvalue weighted by Gasteiger charge is 2.17. The Labute approximate surface area is 147 Å². The first-order valence-electron chi connectivity index (χ1n) is 7.82. The van der Waals surface area contributed by atoms with E-state index in [2.05, 4.69) is 10.1 Å². The molecule has 0 atom stereocenters. The predicted molar refractivity (Wildman–Crippen MR) is 94.4 cm³/mol. The number of ether oxygens (including phenoxy) is 1. The van der Waals surface area contributed by atoms with E-state index < -0.39 is 5.82 Å². The molecule has 0 aliphatic carbocycles. The Morgan fingerprint density at radius 2 is 2.08 bits per heavy atom. The zero-order valence-electron chi connectivity index (χ0n) is 14.1. The monoisotopic (exact) mass is 351 g/mol. The van der Waals surface area contributed by atoms with Crippen LogP contribution >= 0.6 is 0 Å². The van der Waals surface area contributed by atoms with Gasteiger partial charge in [0.15, 0.2) is 11.0 Å². The molecule has 7 heteroatoms. The van der Waals surface area contributed by atoms with Crippen molar-refractivity contribution in [1.29, 1.82) is 0 Å². The second kappa shape index (κ2) is 6.11. The van der Waals surface area contributed by atoms with E-state index in [9.17, 15) is 9.18 Å². The van der Waals surface area contributed by atoms with Crippen LogP contribution in [-0.4, -0.2) is 21.9 Å². The van der Waals surface area contributed by atoms with Crippen LogP contribution in [0.4, 0.5) is 4.39 Å². The average molecular weight is 351 g/mol. The summed E-state index contributed by atoms with van der Waals surface area (Å²) in [6.45, 7) is 0. The van der Waals surface area contributed by atoms with E-state index in [-0.39, 0.29) is 5.43 Å². The number of aromatic nitrogens is 3. The lowest BCUT2D eigenvalue weighted by molar-refractivity contribution is 0.413. The lowest BCUT2D eigenvalue weighted by atomic mass is 10.1. The number of hydrogen-bond donors (Lipinski definition) is 0. The van der Waals surface area contributed by atoms with Crippen molar-refractivity contribution in [2.45, 2.75) is 0 Å². The van der Waals surface area contributed by atoms with E-state index in [0.717, 1.165) is 0 Å². The molecule has 0 fully saturated rings. The number of fused-ring (bicyclic) bond motifs is 1. The summed E-state index contributed by atoms with van der Waals surface area (Å²) in [5.74, 6) is 0.258. The number of aryl methyl sites for hydroxylation is 1. The number of benzene rings is 1. The fraction of sp³-hybridized carbons (Fsp3) is 0.105. The van der Waals surface area contributed by atoms with Gasteiger partial charge in [0.05, 0.1) is 24.3 Å². The van der Waals surface area contributed by atoms with Gasteiger partial charge in [-0.1, -0.05) is 0 Å². The van der Waals surface area contributed by atoms with Gasteiger partial charge in [-0.25, -0.2) is 4.39 Å². The van der Waals surface area contributed by atoms with Gasteiger partial charge < -0.3 is 9.15 Å². The summed E-state index contributed by atoms with van der Waals surface area (Å²) < 4.78 is 26.4. The van der Waals surface area contributed by atoms with E-state index in [1.807, 2.05) is 0 Å². The third kappa shape index (κ3) is 2.63. The summed E-state index contributed by atoms with van der Waals surface area (Å²) in [5.41, 5.74) is 1.72. The van der Waals surface area contributed by atoms with Crippen molar-refractivity contribution in [1.82, 2.24) is 14.8 Å². The molecular weight excluding hydrogens is 337 g/mol. The highest BCUT2D eigenvalue weighted by molar-refractivity contribution is 5.92. The van der Waals surface area contributed by atoms with Crippen molar-refractivity contribution < 1.29 is 13.5 Å². The Morgan fingerprint density at radius 3 is 2.81 bits per heavy atom. The van der Waals surface area contributed by atoms with Gasteiger partial charge in [0.2, 0.25) is 0 Å². The maximum Gasteiger partial charge on any atom is 0.193 e. The smallest absolute Gasteiger partial charge is 0.193 e. The third-order valence-corrected chi connectivity index (χ3v) is 4.05. The minimum atomic E-state index is -0.427. The first-order valence-corrected chi connectivity index (χ1v) is 7.82. The topological polar surface area (TPSA) is 70.2 Å². The van der Waals surface area contributed by atoms with E-state index in [0.29, 0.717) is 39.3 Å². The van der Waals surface area contributed by atoms with Crippen LogP contribution in [0.1, 0.15) is 0 Å². The standard InChI is InChI=1S/C19H14FN3O3/c1-23-10-11(9-22-23)16-8-15(24)13-5-6-21-18(19(13)26-16)14-4-3-12(20)7-17(14)25-2/h3-10H,1-2H3. The summed E-state index contributed by atoms with van der Waals surface area (Å²) in [4.78, 5) is 16.9. The SMILES string of the molecule is COc1cc(F)ccc1-c1nccc2c(=O)cc(-c3cnn(C)c3)oc12. The molecule has 0 amide bonds. The summed E-state index contributed by atoms with van der Waals surface area (Å²) in [7, 11) is 3.22. The third-order valence-electron chi connectivity index (χ3n) is 4.05. The van der Waals surface area contributed by atoms with E-state index in [1.165, 1.54) is 31.5 Å². The Morgan fingerprint density at radius 1 is 1.23 bits per heavy atom. The number of hydrogen-bond acceptors (Lipinski definition) is 5. The van der Waals surface area contributed by atoms with Gasteiger partial charge in [0, 0.05) is 37.1 Å². The molecule has 0 spiro atoms. The zero-order chi connectivity index (χ0) is 18.3. The first-order chi connectivity index (χ1) is 12.6. The molecule has 26 heavy (non-hydrogen) atoms. The maximum absolute atomic E-state index is 13.5. The lowest BCUT2D eigenvalue weighted by Gasteiger charge is -2.10. The Balaban J connectivity index is 2.02. The molecule has 0 saturated heterocycles. The van der Waals surface area contributed by atoms with E-state index in [1.54, 1.807) is 36.3 Å². The van der Waals surface area contributed by atoms with Gasteiger partial charge in [-0.15, -0.1) is 0 Å². The normalized spacial score (nSPS) is 11.0. The number of rotatable bonds is 3. The molecular formula is C19H14FN3O3. The molecule has 0 N–H and O–H groups in total. The minimum absolute atomic E-state index is 0.199. The lowest BCUT2D eigenvalue weighted by Crippen LogP contribution is -2.02. The number of methoxy groups -OCH3 is 1. The van der Waals surface area contributed by atoms with Crippen LogP contribution in [0.15, 0.2) is 58.1 Å². The Kier molecular flexibility index (Phi) is 3.76. The Bertz CT molecular complexity index is 1180. The molecule has 3 heterocycles. The molecule has 130 valence electrons. The average Bonchev–Trinajstić information content (AvgIpc) is 3.08. The molecule has 0 saturated carbocycles.